The van der Waals surface area contributed by atoms with E-state index in [9.17, 15) is 9.59 Å². The fourth-order valence-electron chi connectivity index (χ4n) is 3.73. The minimum Gasteiger partial charge on any atom is -0.325 e. The summed E-state index contributed by atoms with van der Waals surface area (Å²) in [4.78, 5) is 26.1. The molecule has 0 aromatic heterocycles. The van der Waals surface area contributed by atoms with E-state index in [2.05, 4.69) is 5.32 Å². The van der Waals surface area contributed by atoms with Crippen LogP contribution >= 0.6 is 0 Å². The maximum Gasteiger partial charge on any atom is 0.227 e. The lowest BCUT2D eigenvalue weighted by Crippen LogP contribution is -2.30. The van der Waals surface area contributed by atoms with Crippen molar-refractivity contribution in [3.63, 3.8) is 0 Å². The molecule has 2 aromatic rings. The fourth-order valence-corrected chi connectivity index (χ4v) is 3.73. The van der Waals surface area contributed by atoms with Crippen molar-refractivity contribution in [2.24, 2.45) is 0 Å². The zero-order valence-electron chi connectivity index (χ0n) is 13.5. The second-order valence-corrected chi connectivity index (χ2v) is 6.17. The summed E-state index contributed by atoms with van der Waals surface area (Å²) in [6.07, 6.45) is 1.32. The van der Waals surface area contributed by atoms with Crippen LogP contribution in [-0.2, 0) is 9.59 Å². The molecular formula is C20H18N2O2. The third-order valence-electron chi connectivity index (χ3n) is 4.63. The molecule has 2 heterocycles. The summed E-state index contributed by atoms with van der Waals surface area (Å²) in [6.45, 7) is 1.52. The first-order chi connectivity index (χ1) is 11.7. The van der Waals surface area contributed by atoms with Gasteiger partial charge in [-0.25, -0.2) is 0 Å². The van der Waals surface area contributed by atoms with Gasteiger partial charge in [-0.15, -0.1) is 0 Å². The zero-order valence-corrected chi connectivity index (χ0v) is 13.5. The van der Waals surface area contributed by atoms with Crippen LogP contribution in [0.2, 0.25) is 0 Å². The molecule has 0 radical (unpaired) electrons. The number of carbonyl (C=O) groups is 2. The van der Waals surface area contributed by atoms with Crippen LogP contribution < -0.4 is 10.2 Å². The number of benzene rings is 2. The van der Waals surface area contributed by atoms with Crippen molar-refractivity contribution in [3.8, 4) is 0 Å². The van der Waals surface area contributed by atoms with Crippen LogP contribution in [0, 0.1) is 0 Å². The van der Waals surface area contributed by atoms with Crippen molar-refractivity contribution in [1.29, 1.82) is 0 Å². The van der Waals surface area contributed by atoms with E-state index in [1.54, 1.807) is 0 Å². The normalized spacial score (nSPS) is 20.6. The number of hydrogen-bond acceptors (Lipinski definition) is 2. The van der Waals surface area contributed by atoms with Crippen LogP contribution in [0.1, 0.15) is 30.9 Å². The number of fused-ring (bicyclic) bond motifs is 3. The molecule has 2 aromatic carbocycles. The largest absolute Gasteiger partial charge is 0.325 e. The number of anilines is 1. The average molecular weight is 318 g/mol. The molecule has 1 atom stereocenters. The van der Waals surface area contributed by atoms with E-state index < -0.39 is 0 Å². The van der Waals surface area contributed by atoms with Crippen molar-refractivity contribution in [1.82, 2.24) is 5.32 Å². The third-order valence-corrected chi connectivity index (χ3v) is 4.63. The van der Waals surface area contributed by atoms with Crippen LogP contribution in [0.3, 0.4) is 0 Å². The topological polar surface area (TPSA) is 49.4 Å². The molecule has 2 amide bonds. The quantitative estimate of drug-likeness (QED) is 0.924. The van der Waals surface area contributed by atoms with E-state index in [4.69, 9.17) is 0 Å². The lowest BCUT2D eigenvalue weighted by atomic mass is 9.94. The molecule has 0 saturated carbocycles. The Kier molecular flexibility index (Phi) is 3.45. The number of amides is 2. The highest BCUT2D eigenvalue weighted by Gasteiger charge is 2.43. The monoisotopic (exact) mass is 318 g/mol. The zero-order chi connectivity index (χ0) is 16.7. The molecule has 1 unspecified atom stereocenters. The summed E-state index contributed by atoms with van der Waals surface area (Å²) in [6, 6.07) is 17.8. The number of carbonyl (C=O) groups excluding carboxylic acids is 2. The Morgan fingerprint density at radius 2 is 1.79 bits per heavy atom. The van der Waals surface area contributed by atoms with Crippen LogP contribution in [-0.4, -0.2) is 17.9 Å². The molecule has 120 valence electrons. The maximum atomic E-state index is 12.4. The number of hydrogen-bond donors (Lipinski definition) is 1. The molecule has 2 aliphatic heterocycles. The Hall–Kier alpha value is -2.88. The van der Waals surface area contributed by atoms with Gasteiger partial charge in [0.25, 0.3) is 0 Å². The number of nitrogens with one attached hydrogen (secondary N) is 1. The van der Waals surface area contributed by atoms with Gasteiger partial charge < -0.3 is 10.2 Å². The van der Waals surface area contributed by atoms with E-state index in [0.29, 0.717) is 6.42 Å². The van der Waals surface area contributed by atoms with Gasteiger partial charge in [0, 0.05) is 24.5 Å². The SMILES string of the molecule is CC(=O)N/C(=C1/c2ccccc2N2C(=O)CCC12)c1ccccc1. The first-order valence-electron chi connectivity index (χ1n) is 8.15. The smallest absolute Gasteiger partial charge is 0.227 e. The standard InChI is InChI=1S/C20H18N2O2/c1-13(23)21-20(14-7-3-2-4-8-14)19-15-9-5-6-10-16(15)22-17(19)11-12-18(22)24/h2-10,17H,11-12H2,1H3,(H,21,23)/b20-19-. The number of nitrogens with zero attached hydrogens (tertiary/aromatic N) is 1. The Morgan fingerprint density at radius 3 is 2.54 bits per heavy atom. The van der Waals surface area contributed by atoms with E-state index >= 15 is 0 Å². The van der Waals surface area contributed by atoms with Crippen molar-refractivity contribution >= 4 is 28.8 Å². The second kappa shape index (κ2) is 5.64. The summed E-state index contributed by atoms with van der Waals surface area (Å²) in [5.74, 6) is 0.0410. The first kappa shape index (κ1) is 14.7. The molecule has 1 fully saturated rings. The predicted octanol–water partition coefficient (Wildman–Crippen LogP) is 3.20. The van der Waals surface area contributed by atoms with Gasteiger partial charge in [-0.3, -0.25) is 9.59 Å². The summed E-state index contributed by atoms with van der Waals surface area (Å²) in [7, 11) is 0. The Balaban J connectivity index is 1.98. The van der Waals surface area contributed by atoms with Gasteiger partial charge in [-0.1, -0.05) is 48.5 Å². The Morgan fingerprint density at radius 1 is 1.08 bits per heavy atom. The fraction of sp³-hybridized carbons (Fsp3) is 0.200. The highest BCUT2D eigenvalue weighted by molar-refractivity contribution is 6.12. The number of para-hydroxylation sites is 1. The lowest BCUT2D eigenvalue weighted by molar-refractivity contribution is -0.118. The van der Waals surface area contributed by atoms with Crippen LogP contribution in [0.5, 0.6) is 0 Å². The van der Waals surface area contributed by atoms with Gasteiger partial charge in [0.15, 0.2) is 0 Å². The van der Waals surface area contributed by atoms with Crippen LogP contribution in [0.15, 0.2) is 54.6 Å². The molecule has 4 heteroatoms. The average Bonchev–Trinajstić information content (AvgIpc) is 3.12. The lowest BCUT2D eigenvalue weighted by Gasteiger charge is -2.19. The summed E-state index contributed by atoms with van der Waals surface area (Å²) < 4.78 is 0. The molecule has 1 N–H and O–H groups in total. The molecule has 0 bridgehead atoms. The summed E-state index contributed by atoms with van der Waals surface area (Å²) in [5, 5.41) is 3.01. The van der Waals surface area contributed by atoms with Gasteiger partial charge in [-0.05, 0) is 18.1 Å². The highest BCUT2D eigenvalue weighted by Crippen LogP contribution is 2.47. The Bertz CT molecular complexity index is 855. The molecule has 2 aliphatic rings. The Labute approximate surface area is 140 Å². The molecule has 1 saturated heterocycles. The first-order valence-corrected chi connectivity index (χ1v) is 8.15. The third kappa shape index (κ3) is 2.22. The molecule has 4 rings (SSSR count). The maximum absolute atomic E-state index is 12.4. The van der Waals surface area contributed by atoms with E-state index in [0.717, 1.165) is 34.5 Å². The van der Waals surface area contributed by atoms with E-state index in [1.807, 2.05) is 59.5 Å². The molecule has 0 aliphatic carbocycles. The molecule has 4 nitrogen and oxygen atoms in total. The summed E-state index contributed by atoms with van der Waals surface area (Å²) >= 11 is 0. The van der Waals surface area contributed by atoms with Crippen LogP contribution in [0.25, 0.3) is 11.3 Å². The van der Waals surface area contributed by atoms with Crippen molar-refractivity contribution in [3.05, 3.63) is 65.7 Å². The van der Waals surface area contributed by atoms with Gasteiger partial charge in [0.05, 0.1) is 17.4 Å². The van der Waals surface area contributed by atoms with Crippen molar-refractivity contribution in [2.45, 2.75) is 25.8 Å². The molecule has 24 heavy (non-hydrogen) atoms. The predicted molar refractivity (Wildman–Crippen MR) is 94.0 cm³/mol. The number of rotatable bonds is 2. The minimum atomic E-state index is -0.110. The van der Waals surface area contributed by atoms with Crippen LogP contribution in [0.4, 0.5) is 5.69 Å². The van der Waals surface area contributed by atoms with Crippen molar-refractivity contribution in [2.75, 3.05) is 4.90 Å². The van der Waals surface area contributed by atoms with Gasteiger partial charge in [-0.2, -0.15) is 0 Å². The highest BCUT2D eigenvalue weighted by atomic mass is 16.2. The minimum absolute atomic E-state index is 0.00282. The van der Waals surface area contributed by atoms with Crippen molar-refractivity contribution < 1.29 is 9.59 Å². The molecular weight excluding hydrogens is 300 g/mol. The van der Waals surface area contributed by atoms with Gasteiger partial charge in [0.2, 0.25) is 11.8 Å². The van der Waals surface area contributed by atoms with E-state index in [1.165, 1.54) is 6.92 Å². The summed E-state index contributed by atoms with van der Waals surface area (Å²) in [5.41, 5.74) is 4.77. The molecule has 0 spiro atoms. The van der Waals surface area contributed by atoms with E-state index in [-0.39, 0.29) is 17.9 Å². The second-order valence-electron chi connectivity index (χ2n) is 6.17. The van der Waals surface area contributed by atoms with Gasteiger partial charge in [0.1, 0.15) is 0 Å². The van der Waals surface area contributed by atoms with Gasteiger partial charge >= 0.3 is 0 Å².